The first-order valence-electron chi connectivity index (χ1n) is 8.38. The minimum atomic E-state index is -0.427. The van der Waals surface area contributed by atoms with Crippen molar-refractivity contribution in [2.45, 2.75) is 19.3 Å². The first-order valence-corrected chi connectivity index (χ1v) is 8.76. The molecule has 26 heavy (non-hydrogen) atoms. The molecule has 0 bridgehead atoms. The number of anilines is 1. The van der Waals surface area contributed by atoms with Crippen LogP contribution in [0.5, 0.6) is 0 Å². The summed E-state index contributed by atoms with van der Waals surface area (Å²) in [5.41, 5.74) is 3.38. The lowest BCUT2D eigenvalue weighted by molar-refractivity contribution is 0.102. The fourth-order valence-electron chi connectivity index (χ4n) is 3.22. The second-order valence-corrected chi connectivity index (χ2v) is 6.66. The zero-order chi connectivity index (χ0) is 18.1. The average Bonchev–Trinajstić information content (AvgIpc) is 3.11. The lowest BCUT2D eigenvalue weighted by atomic mass is 10.1. The number of hydrogen-bond acceptors (Lipinski definition) is 3. The highest BCUT2D eigenvalue weighted by Crippen LogP contribution is 2.24. The van der Waals surface area contributed by atoms with Gasteiger partial charge in [-0.3, -0.25) is 14.2 Å². The molecule has 0 aliphatic heterocycles. The molecule has 2 aromatic carbocycles. The van der Waals surface area contributed by atoms with E-state index in [0.29, 0.717) is 10.6 Å². The SMILES string of the molecule is O=C(Nc1nccn(-c2ccc3c(c2)CCC3)c1=O)c1cccc(Cl)c1. The Morgan fingerprint density at radius 3 is 2.81 bits per heavy atom. The van der Waals surface area contributed by atoms with Crippen molar-refractivity contribution >= 4 is 23.3 Å². The van der Waals surface area contributed by atoms with Crippen LogP contribution in [0.25, 0.3) is 5.69 Å². The maximum Gasteiger partial charge on any atom is 0.298 e. The zero-order valence-corrected chi connectivity index (χ0v) is 14.7. The molecule has 0 saturated carbocycles. The van der Waals surface area contributed by atoms with Gasteiger partial charge in [0.15, 0.2) is 5.82 Å². The summed E-state index contributed by atoms with van der Waals surface area (Å²) in [5.74, 6) is -0.443. The van der Waals surface area contributed by atoms with Gasteiger partial charge in [-0.2, -0.15) is 0 Å². The van der Waals surface area contributed by atoms with Crippen LogP contribution in [0.1, 0.15) is 27.9 Å². The first kappa shape index (κ1) is 16.5. The fourth-order valence-corrected chi connectivity index (χ4v) is 3.41. The molecule has 1 aromatic heterocycles. The van der Waals surface area contributed by atoms with Crippen molar-refractivity contribution in [1.29, 1.82) is 0 Å². The molecule has 130 valence electrons. The summed E-state index contributed by atoms with van der Waals surface area (Å²) in [4.78, 5) is 29.2. The van der Waals surface area contributed by atoms with E-state index in [2.05, 4.69) is 16.4 Å². The molecule has 1 heterocycles. The summed E-state index contributed by atoms with van der Waals surface area (Å²) < 4.78 is 1.50. The van der Waals surface area contributed by atoms with Gasteiger partial charge in [0.25, 0.3) is 11.5 Å². The van der Waals surface area contributed by atoms with Crippen LogP contribution >= 0.6 is 11.6 Å². The van der Waals surface area contributed by atoms with Gasteiger partial charge in [-0.05, 0) is 60.7 Å². The van der Waals surface area contributed by atoms with Gasteiger partial charge in [-0.15, -0.1) is 0 Å². The van der Waals surface area contributed by atoms with E-state index >= 15 is 0 Å². The molecule has 4 rings (SSSR count). The minimum absolute atomic E-state index is 0.0158. The molecule has 1 amide bonds. The number of hydrogen-bond donors (Lipinski definition) is 1. The molecule has 0 atom stereocenters. The first-order chi connectivity index (χ1) is 12.6. The second kappa shape index (κ2) is 6.77. The molecule has 1 aliphatic carbocycles. The van der Waals surface area contributed by atoms with Gasteiger partial charge in [-0.1, -0.05) is 23.7 Å². The highest BCUT2D eigenvalue weighted by atomic mass is 35.5. The van der Waals surface area contributed by atoms with Gasteiger partial charge in [0.05, 0.1) is 0 Å². The monoisotopic (exact) mass is 365 g/mol. The summed E-state index contributed by atoms with van der Waals surface area (Å²) in [6, 6.07) is 12.6. The summed E-state index contributed by atoms with van der Waals surface area (Å²) in [7, 11) is 0. The molecular weight excluding hydrogens is 350 g/mol. The number of halogens is 1. The number of amides is 1. The Hall–Kier alpha value is -2.92. The number of carbonyl (C=O) groups excluding carboxylic acids is 1. The van der Waals surface area contributed by atoms with E-state index in [4.69, 9.17) is 11.6 Å². The number of carbonyl (C=O) groups is 1. The Morgan fingerprint density at radius 2 is 1.96 bits per heavy atom. The lowest BCUT2D eigenvalue weighted by Crippen LogP contribution is -2.26. The van der Waals surface area contributed by atoms with Crippen LogP contribution in [-0.4, -0.2) is 15.5 Å². The van der Waals surface area contributed by atoms with E-state index in [1.165, 1.54) is 21.9 Å². The molecule has 0 fully saturated rings. The van der Waals surface area contributed by atoms with E-state index in [-0.39, 0.29) is 11.4 Å². The number of rotatable bonds is 3. The topological polar surface area (TPSA) is 64.0 Å². The van der Waals surface area contributed by atoms with Crippen LogP contribution in [0.2, 0.25) is 5.02 Å². The van der Waals surface area contributed by atoms with Crippen LogP contribution in [0.3, 0.4) is 0 Å². The molecule has 0 spiro atoms. The third kappa shape index (κ3) is 3.13. The van der Waals surface area contributed by atoms with Crippen molar-refractivity contribution in [2.24, 2.45) is 0 Å². The van der Waals surface area contributed by atoms with Crippen LogP contribution < -0.4 is 10.9 Å². The number of benzene rings is 2. The zero-order valence-electron chi connectivity index (χ0n) is 13.9. The molecular formula is C20H16ClN3O2. The maximum atomic E-state index is 12.8. The van der Waals surface area contributed by atoms with Gasteiger partial charge in [-0.25, -0.2) is 4.98 Å². The quantitative estimate of drug-likeness (QED) is 0.770. The number of nitrogens with zero attached hydrogens (tertiary/aromatic N) is 2. The van der Waals surface area contributed by atoms with Crippen molar-refractivity contribution in [2.75, 3.05) is 5.32 Å². The molecule has 0 radical (unpaired) electrons. The predicted molar refractivity (Wildman–Crippen MR) is 101 cm³/mol. The van der Waals surface area contributed by atoms with E-state index in [1.807, 2.05) is 12.1 Å². The molecule has 1 N–H and O–H groups in total. The second-order valence-electron chi connectivity index (χ2n) is 6.22. The maximum absolute atomic E-state index is 12.8. The van der Waals surface area contributed by atoms with E-state index in [9.17, 15) is 9.59 Å². The summed E-state index contributed by atoms with van der Waals surface area (Å²) in [5, 5.41) is 3.03. The minimum Gasteiger partial charge on any atom is -0.302 e. The molecule has 3 aromatic rings. The van der Waals surface area contributed by atoms with E-state index in [0.717, 1.165) is 24.9 Å². The van der Waals surface area contributed by atoms with Crippen molar-refractivity contribution in [3.8, 4) is 5.69 Å². The molecule has 1 aliphatic rings. The smallest absolute Gasteiger partial charge is 0.298 e. The summed E-state index contributed by atoms with van der Waals surface area (Å²) >= 11 is 5.91. The van der Waals surface area contributed by atoms with E-state index in [1.54, 1.807) is 30.5 Å². The largest absolute Gasteiger partial charge is 0.302 e. The number of nitrogens with one attached hydrogen (secondary N) is 1. The van der Waals surface area contributed by atoms with Crippen LogP contribution in [0, 0.1) is 0 Å². The number of fused-ring (bicyclic) bond motifs is 1. The van der Waals surface area contributed by atoms with Crippen molar-refractivity contribution in [1.82, 2.24) is 9.55 Å². The number of aryl methyl sites for hydroxylation is 2. The van der Waals surface area contributed by atoms with Crippen molar-refractivity contribution in [3.05, 3.63) is 86.9 Å². The Morgan fingerprint density at radius 1 is 1.12 bits per heavy atom. The van der Waals surface area contributed by atoms with Gasteiger partial charge in [0, 0.05) is 28.7 Å². The molecule has 6 heteroatoms. The third-order valence-corrected chi connectivity index (χ3v) is 4.75. The van der Waals surface area contributed by atoms with Gasteiger partial charge < -0.3 is 5.32 Å². The van der Waals surface area contributed by atoms with E-state index < -0.39 is 5.91 Å². The highest BCUT2D eigenvalue weighted by molar-refractivity contribution is 6.31. The van der Waals surface area contributed by atoms with Crippen LogP contribution in [0.15, 0.2) is 59.7 Å². The predicted octanol–water partition coefficient (Wildman–Crippen LogP) is 3.63. The molecule has 5 nitrogen and oxygen atoms in total. The average molecular weight is 366 g/mol. The Bertz CT molecular complexity index is 1060. The van der Waals surface area contributed by atoms with Gasteiger partial charge in [0.1, 0.15) is 0 Å². The fraction of sp³-hybridized carbons (Fsp3) is 0.150. The standard InChI is InChI=1S/C20H16ClN3O2/c21-16-6-2-5-15(11-16)19(25)23-18-20(26)24(10-9-22-18)17-8-7-13-3-1-4-14(13)12-17/h2,5-12H,1,3-4H2,(H,22,23,25). The third-order valence-electron chi connectivity index (χ3n) is 4.52. The Balaban J connectivity index is 1.66. The Labute approximate surface area is 155 Å². The van der Waals surface area contributed by atoms with Gasteiger partial charge in [0.2, 0.25) is 0 Å². The number of aromatic nitrogens is 2. The highest BCUT2D eigenvalue weighted by Gasteiger charge is 2.15. The Kier molecular flexibility index (Phi) is 4.31. The molecule has 0 saturated heterocycles. The van der Waals surface area contributed by atoms with Gasteiger partial charge >= 0.3 is 0 Å². The van der Waals surface area contributed by atoms with Crippen LogP contribution in [0.4, 0.5) is 5.82 Å². The van der Waals surface area contributed by atoms with Crippen molar-refractivity contribution in [3.63, 3.8) is 0 Å². The van der Waals surface area contributed by atoms with Crippen molar-refractivity contribution < 1.29 is 4.79 Å². The molecule has 0 unspecified atom stereocenters. The normalized spacial score (nSPS) is 12.7. The lowest BCUT2D eigenvalue weighted by Gasteiger charge is -2.10. The summed E-state index contributed by atoms with van der Waals surface area (Å²) in [6.45, 7) is 0. The van der Waals surface area contributed by atoms with Crippen LogP contribution in [-0.2, 0) is 12.8 Å². The summed E-state index contributed by atoms with van der Waals surface area (Å²) in [6.07, 6.45) is 6.37.